The van der Waals surface area contributed by atoms with Gasteiger partial charge >= 0.3 is 0 Å². The fraction of sp³-hybridized carbons (Fsp3) is 1.00. The second-order valence-corrected chi connectivity index (χ2v) is 5.49. The lowest BCUT2D eigenvalue weighted by Gasteiger charge is -2.38. The Morgan fingerprint density at radius 2 is 1.32 bits per heavy atom. The Labute approximate surface area is 121 Å². The molecule has 19 heavy (non-hydrogen) atoms. The molecule has 0 radical (unpaired) electrons. The predicted molar refractivity (Wildman–Crippen MR) is 83.4 cm³/mol. The van der Waals surface area contributed by atoms with Crippen LogP contribution in [-0.2, 0) is 9.47 Å². The summed E-state index contributed by atoms with van der Waals surface area (Å²) >= 11 is 0. The second-order valence-electron chi connectivity index (χ2n) is 5.49. The van der Waals surface area contributed by atoms with E-state index < -0.39 is 0 Å². The topological polar surface area (TPSA) is 18.5 Å². The fourth-order valence-corrected chi connectivity index (χ4v) is 2.82. The molecule has 116 valence electrons. The van der Waals surface area contributed by atoms with E-state index in [1.54, 1.807) is 0 Å². The lowest BCUT2D eigenvalue weighted by atomic mass is 9.91. The van der Waals surface area contributed by atoms with Gasteiger partial charge in [0.15, 0.2) is 5.79 Å². The first-order valence-electron chi connectivity index (χ1n) is 8.44. The molecule has 0 N–H and O–H groups in total. The van der Waals surface area contributed by atoms with Crippen LogP contribution in [-0.4, -0.2) is 19.0 Å². The Kier molecular flexibility index (Phi) is 11.7. The number of unbranched alkanes of at least 4 members (excludes halogenated alkanes) is 5. The van der Waals surface area contributed by atoms with Crippen molar-refractivity contribution in [3.63, 3.8) is 0 Å². The van der Waals surface area contributed by atoms with Gasteiger partial charge in [0.1, 0.15) is 0 Å². The number of hydrogen-bond donors (Lipinski definition) is 0. The van der Waals surface area contributed by atoms with Crippen LogP contribution in [0.15, 0.2) is 0 Å². The van der Waals surface area contributed by atoms with Gasteiger partial charge in [-0.3, -0.25) is 0 Å². The summed E-state index contributed by atoms with van der Waals surface area (Å²) < 4.78 is 11.9. The summed E-state index contributed by atoms with van der Waals surface area (Å²) in [6.45, 7) is 12.3. The van der Waals surface area contributed by atoms with E-state index in [1.807, 2.05) is 0 Å². The van der Waals surface area contributed by atoms with E-state index in [-0.39, 0.29) is 5.79 Å². The summed E-state index contributed by atoms with van der Waals surface area (Å²) in [4.78, 5) is 0. The van der Waals surface area contributed by atoms with Crippen LogP contribution in [0, 0.1) is 5.92 Å². The maximum Gasteiger partial charge on any atom is 0.170 e. The molecule has 1 unspecified atom stereocenters. The summed E-state index contributed by atoms with van der Waals surface area (Å²) in [6, 6.07) is 0. The maximum absolute atomic E-state index is 5.95. The van der Waals surface area contributed by atoms with Gasteiger partial charge < -0.3 is 9.47 Å². The van der Waals surface area contributed by atoms with E-state index in [9.17, 15) is 0 Å². The molecule has 0 spiro atoms. The van der Waals surface area contributed by atoms with Crippen molar-refractivity contribution in [2.24, 2.45) is 5.92 Å². The normalized spacial score (nSPS) is 13.7. The first kappa shape index (κ1) is 18.9. The monoisotopic (exact) mass is 272 g/mol. The molecule has 0 aromatic carbocycles. The minimum absolute atomic E-state index is 0.354. The van der Waals surface area contributed by atoms with Crippen LogP contribution in [0.1, 0.15) is 86.0 Å². The van der Waals surface area contributed by atoms with Crippen molar-refractivity contribution in [3.05, 3.63) is 0 Å². The zero-order valence-corrected chi connectivity index (χ0v) is 14.0. The lowest BCUT2D eigenvalue weighted by molar-refractivity contribution is -0.263. The Morgan fingerprint density at radius 1 is 0.789 bits per heavy atom. The number of hydrogen-bond acceptors (Lipinski definition) is 2. The van der Waals surface area contributed by atoms with E-state index >= 15 is 0 Å². The average molecular weight is 272 g/mol. The molecule has 0 aromatic rings. The van der Waals surface area contributed by atoms with Gasteiger partial charge in [-0.2, -0.15) is 0 Å². The van der Waals surface area contributed by atoms with E-state index in [4.69, 9.17) is 9.47 Å². The van der Waals surface area contributed by atoms with Crippen molar-refractivity contribution in [3.8, 4) is 0 Å². The zero-order chi connectivity index (χ0) is 14.6. The van der Waals surface area contributed by atoms with Crippen LogP contribution in [0.5, 0.6) is 0 Å². The highest BCUT2D eigenvalue weighted by Gasteiger charge is 2.35. The molecular formula is C17H36O2. The third-order valence-corrected chi connectivity index (χ3v) is 4.01. The molecule has 2 heteroatoms. The van der Waals surface area contributed by atoms with Gasteiger partial charge in [0.05, 0.1) is 0 Å². The molecule has 0 saturated heterocycles. The van der Waals surface area contributed by atoms with Gasteiger partial charge in [-0.1, -0.05) is 59.3 Å². The molecule has 0 rings (SSSR count). The van der Waals surface area contributed by atoms with Crippen LogP contribution >= 0.6 is 0 Å². The van der Waals surface area contributed by atoms with Gasteiger partial charge in [-0.15, -0.1) is 0 Å². The highest BCUT2D eigenvalue weighted by atomic mass is 16.7. The summed E-state index contributed by atoms with van der Waals surface area (Å²) in [6.07, 6.45) is 10.3. The molecule has 0 aliphatic heterocycles. The molecule has 0 saturated carbocycles. The minimum atomic E-state index is -0.354. The van der Waals surface area contributed by atoms with Crippen molar-refractivity contribution in [1.82, 2.24) is 0 Å². The summed E-state index contributed by atoms with van der Waals surface area (Å²) in [5.74, 6) is 0.121. The van der Waals surface area contributed by atoms with Crippen molar-refractivity contribution in [2.45, 2.75) is 91.8 Å². The predicted octanol–water partition coefficient (Wildman–Crippen LogP) is 5.55. The molecule has 0 aliphatic carbocycles. The third-order valence-electron chi connectivity index (χ3n) is 4.01. The van der Waals surface area contributed by atoms with Crippen LogP contribution < -0.4 is 0 Å². The quantitative estimate of drug-likeness (QED) is 0.323. The molecule has 0 bridgehead atoms. The van der Waals surface area contributed by atoms with Gasteiger partial charge in [0.2, 0.25) is 0 Å². The van der Waals surface area contributed by atoms with Crippen LogP contribution in [0.3, 0.4) is 0 Å². The summed E-state index contributed by atoms with van der Waals surface area (Å²) in [5, 5.41) is 0. The molecule has 0 amide bonds. The first-order chi connectivity index (χ1) is 9.16. The SMILES string of the molecule is CCCCCCCCC(C)C(CC)(OCC)OCC. The Morgan fingerprint density at radius 3 is 1.79 bits per heavy atom. The Balaban J connectivity index is 4.06. The molecule has 0 aromatic heterocycles. The molecule has 0 fully saturated rings. The molecule has 0 aliphatic rings. The van der Waals surface area contributed by atoms with Crippen molar-refractivity contribution in [2.75, 3.05) is 13.2 Å². The number of ether oxygens (including phenoxy) is 2. The average Bonchev–Trinajstić information content (AvgIpc) is 2.42. The number of rotatable bonds is 13. The molecule has 1 atom stereocenters. The lowest BCUT2D eigenvalue weighted by Crippen LogP contribution is -2.42. The maximum atomic E-state index is 5.95. The van der Waals surface area contributed by atoms with Crippen LogP contribution in [0.25, 0.3) is 0 Å². The van der Waals surface area contributed by atoms with E-state index in [0.29, 0.717) is 5.92 Å². The summed E-state index contributed by atoms with van der Waals surface area (Å²) in [7, 11) is 0. The zero-order valence-electron chi connectivity index (χ0n) is 14.0. The van der Waals surface area contributed by atoms with E-state index in [1.165, 1.54) is 44.9 Å². The smallest absolute Gasteiger partial charge is 0.170 e. The van der Waals surface area contributed by atoms with Gasteiger partial charge in [-0.05, 0) is 26.7 Å². The van der Waals surface area contributed by atoms with Crippen molar-refractivity contribution >= 4 is 0 Å². The van der Waals surface area contributed by atoms with Gasteiger partial charge in [0.25, 0.3) is 0 Å². The Hall–Kier alpha value is -0.0800. The standard InChI is InChI=1S/C17H36O2/c1-6-10-11-12-13-14-15-16(5)17(7-2,18-8-3)19-9-4/h16H,6-15H2,1-5H3. The Bertz CT molecular complexity index is 186. The fourth-order valence-electron chi connectivity index (χ4n) is 2.82. The molecular weight excluding hydrogens is 236 g/mol. The largest absolute Gasteiger partial charge is 0.350 e. The molecule has 2 nitrogen and oxygen atoms in total. The second kappa shape index (κ2) is 11.7. The van der Waals surface area contributed by atoms with Gasteiger partial charge in [0, 0.05) is 19.1 Å². The van der Waals surface area contributed by atoms with Gasteiger partial charge in [-0.25, -0.2) is 0 Å². The highest BCUT2D eigenvalue weighted by Crippen LogP contribution is 2.31. The van der Waals surface area contributed by atoms with Crippen LogP contribution in [0.4, 0.5) is 0 Å². The van der Waals surface area contributed by atoms with E-state index in [0.717, 1.165) is 19.6 Å². The summed E-state index contributed by atoms with van der Waals surface area (Å²) in [5.41, 5.74) is 0. The molecule has 0 heterocycles. The third kappa shape index (κ3) is 7.31. The van der Waals surface area contributed by atoms with Crippen LogP contribution in [0.2, 0.25) is 0 Å². The first-order valence-corrected chi connectivity index (χ1v) is 8.44. The van der Waals surface area contributed by atoms with E-state index in [2.05, 4.69) is 34.6 Å². The minimum Gasteiger partial charge on any atom is -0.350 e. The van der Waals surface area contributed by atoms with Crippen molar-refractivity contribution in [1.29, 1.82) is 0 Å². The highest BCUT2D eigenvalue weighted by molar-refractivity contribution is 4.75. The van der Waals surface area contributed by atoms with Crippen molar-refractivity contribution < 1.29 is 9.47 Å².